The van der Waals surface area contributed by atoms with Gasteiger partial charge in [0.25, 0.3) is 0 Å². The number of benzene rings is 1. The summed E-state index contributed by atoms with van der Waals surface area (Å²) >= 11 is 12.5. The van der Waals surface area contributed by atoms with Crippen LogP contribution in [0.15, 0.2) is 61.1 Å². The Morgan fingerprint density at radius 2 is 1.94 bits per heavy atom. The minimum absolute atomic E-state index is 0.591. The summed E-state index contributed by atoms with van der Waals surface area (Å²) in [6, 6.07) is 15.4. The second kappa shape index (κ2) is 8.98. The summed E-state index contributed by atoms with van der Waals surface area (Å²) in [5.74, 6) is 0.822. The van der Waals surface area contributed by atoms with Crippen LogP contribution in [0.25, 0.3) is 28.3 Å². The average molecular weight is 476 g/mol. The molecule has 164 valence electrons. The maximum atomic E-state index is 6.36. The third-order valence-corrected chi connectivity index (χ3v) is 5.92. The van der Waals surface area contributed by atoms with Gasteiger partial charge in [0, 0.05) is 40.6 Å². The van der Waals surface area contributed by atoms with Crippen LogP contribution in [0.3, 0.4) is 0 Å². The first-order chi connectivity index (χ1) is 16.0. The maximum Gasteiger partial charge on any atom is 0.186 e. The van der Waals surface area contributed by atoms with Crippen molar-refractivity contribution in [3.05, 3.63) is 88.2 Å². The highest BCUT2D eigenvalue weighted by Gasteiger charge is 2.17. The van der Waals surface area contributed by atoms with E-state index >= 15 is 0 Å². The number of nitrogens with zero attached hydrogens (tertiary/aromatic N) is 6. The molecule has 33 heavy (non-hydrogen) atoms. The molecule has 0 saturated carbocycles. The quantitative estimate of drug-likeness (QED) is 0.369. The zero-order chi connectivity index (χ0) is 22.9. The van der Waals surface area contributed by atoms with Crippen LogP contribution < -0.4 is 0 Å². The minimum atomic E-state index is 0.591. The van der Waals surface area contributed by atoms with Crippen LogP contribution in [0, 0.1) is 6.92 Å². The molecule has 0 spiro atoms. The van der Waals surface area contributed by atoms with Crippen LogP contribution in [0.4, 0.5) is 0 Å². The molecule has 0 aliphatic heterocycles. The monoisotopic (exact) mass is 475 g/mol. The molecule has 1 aromatic carbocycles. The fourth-order valence-electron chi connectivity index (χ4n) is 3.80. The Balaban J connectivity index is 1.50. The number of fused-ring (bicyclic) bond motifs is 1. The van der Waals surface area contributed by atoms with Crippen LogP contribution >= 0.6 is 23.2 Å². The fraction of sp³-hybridized carbons (Fsp3) is 0.130. The molecule has 5 rings (SSSR count). The van der Waals surface area contributed by atoms with Gasteiger partial charge in [-0.3, -0.25) is 4.98 Å². The number of halogens is 2. The summed E-state index contributed by atoms with van der Waals surface area (Å²) in [6.07, 6.45) is 3.48. The normalized spacial score (nSPS) is 11.5. The van der Waals surface area contributed by atoms with Gasteiger partial charge in [0.15, 0.2) is 13.6 Å². The van der Waals surface area contributed by atoms with E-state index in [0.717, 1.165) is 45.4 Å². The smallest absolute Gasteiger partial charge is 0.186 e. The Kier molecular flexibility index (Phi) is 5.89. The predicted octanol–water partition coefficient (Wildman–Crippen LogP) is 4.35. The van der Waals surface area contributed by atoms with E-state index in [1.807, 2.05) is 63.6 Å². The lowest BCUT2D eigenvalue weighted by Gasteiger charge is -2.16. The molecule has 7 nitrogen and oxygen atoms in total. The third kappa shape index (κ3) is 4.64. The summed E-state index contributed by atoms with van der Waals surface area (Å²) in [6.45, 7) is 3.20. The largest absolute Gasteiger partial charge is 0.340 e. The summed E-state index contributed by atoms with van der Waals surface area (Å²) in [5, 5.41) is 5.62. The van der Waals surface area contributed by atoms with Crippen molar-refractivity contribution < 1.29 is 0 Å². The Hall–Kier alpha value is -3.20. The van der Waals surface area contributed by atoms with Gasteiger partial charge < -0.3 is 9.79 Å². The number of hydrogen-bond acceptors (Lipinski definition) is 5. The van der Waals surface area contributed by atoms with E-state index in [9.17, 15) is 0 Å². The second-order valence-electron chi connectivity index (χ2n) is 7.96. The van der Waals surface area contributed by atoms with Crippen LogP contribution in [0.5, 0.6) is 0 Å². The lowest BCUT2D eigenvalue weighted by molar-refractivity contribution is 0.432. The Morgan fingerprint density at radius 3 is 2.79 bits per heavy atom. The average Bonchev–Trinajstić information content (AvgIpc) is 3.42. The van der Waals surface area contributed by atoms with Gasteiger partial charge in [0.1, 0.15) is 17.8 Å². The summed E-state index contributed by atoms with van der Waals surface area (Å²) in [4.78, 5) is 19.5. The minimum Gasteiger partial charge on any atom is -0.340 e. The molecular weight excluding hydrogens is 456 g/mol. The number of nitrogens with one attached hydrogen (secondary N) is 1. The number of H-pyrrole nitrogens is 1. The number of hydrogen-bond donors (Lipinski definition) is 1. The standard InChI is InChI=1S/C23H20BCl2N7/c1-14-3-2-4-19(29-14)23-22(15-5-8-21-27-13-28-33(21)11-15)30-20(31-23)12-32(24)10-16-9-17(25)6-7-18(16)26/h2-9,11,13H,10,12,24H2,1H3,(H,30,31). The van der Waals surface area contributed by atoms with Crippen molar-refractivity contribution in [2.24, 2.45) is 0 Å². The van der Waals surface area contributed by atoms with E-state index < -0.39 is 0 Å². The highest BCUT2D eigenvalue weighted by atomic mass is 35.5. The van der Waals surface area contributed by atoms with Crippen molar-refractivity contribution in [1.82, 2.24) is 34.4 Å². The summed E-state index contributed by atoms with van der Waals surface area (Å²) in [7, 11) is 2.02. The van der Waals surface area contributed by atoms with Gasteiger partial charge in [-0.05, 0) is 55.0 Å². The van der Waals surface area contributed by atoms with Crippen molar-refractivity contribution in [1.29, 1.82) is 0 Å². The Bertz CT molecular complexity index is 1450. The van der Waals surface area contributed by atoms with Crippen molar-refractivity contribution in [3.8, 4) is 22.6 Å². The first kappa shape index (κ1) is 21.6. The van der Waals surface area contributed by atoms with Crippen molar-refractivity contribution in [2.75, 3.05) is 0 Å². The number of aromatic nitrogens is 6. The molecule has 0 fully saturated rings. The van der Waals surface area contributed by atoms with Gasteiger partial charge in [-0.2, -0.15) is 5.10 Å². The molecular formula is C23H20BCl2N7. The Labute approximate surface area is 201 Å². The molecule has 0 saturated heterocycles. The molecule has 1 N–H and O–H groups in total. The van der Waals surface area contributed by atoms with E-state index in [2.05, 4.69) is 19.9 Å². The molecule has 4 aromatic heterocycles. The van der Waals surface area contributed by atoms with Gasteiger partial charge >= 0.3 is 0 Å². The van der Waals surface area contributed by atoms with E-state index in [0.29, 0.717) is 23.1 Å². The molecule has 5 aromatic rings. The van der Waals surface area contributed by atoms with E-state index in [-0.39, 0.29) is 0 Å². The SMILES string of the molecule is BN(Cc1nc(-c2cccc(C)n2)c(-c2ccc3ncnn3c2)[nH]1)Cc1cc(Cl)ccc1Cl. The zero-order valence-corrected chi connectivity index (χ0v) is 19.6. The molecule has 0 atom stereocenters. The summed E-state index contributed by atoms with van der Waals surface area (Å²) in [5.41, 5.74) is 6.12. The molecule has 0 unspecified atom stereocenters. The Morgan fingerprint density at radius 1 is 1.06 bits per heavy atom. The van der Waals surface area contributed by atoms with Crippen LogP contribution in [0.2, 0.25) is 10.0 Å². The van der Waals surface area contributed by atoms with E-state index in [1.54, 1.807) is 10.6 Å². The van der Waals surface area contributed by atoms with Gasteiger partial charge in [-0.25, -0.2) is 14.5 Å². The number of aromatic amines is 1. The lowest BCUT2D eigenvalue weighted by atomic mass is 10.1. The first-order valence-electron chi connectivity index (χ1n) is 10.4. The topological polar surface area (TPSA) is 75.0 Å². The molecule has 0 radical (unpaired) electrons. The molecule has 0 aliphatic rings. The first-order valence-corrected chi connectivity index (χ1v) is 11.2. The van der Waals surface area contributed by atoms with E-state index in [1.165, 1.54) is 6.33 Å². The number of rotatable bonds is 6. The molecule has 0 aliphatic carbocycles. The number of imidazole rings is 1. The van der Waals surface area contributed by atoms with Crippen LogP contribution in [-0.4, -0.2) is 42.3 Å². The third-order valence-electron chi connectivity index (χ3n) is 5.31. The van der Waals surface area contributed by atoms with Crippen LogP contribution in [0.1, 0.15) is 17.1 Å². The van der Waals surface area contributed by atoms with Crippen LogP contribution in [-0.2, 0) is 13.1 Å². The maximum absolute atomic E-state index is 6.36. The number of aryl methyl sites for hydroxylation is 1. The lowest BCUT2D eigenvalue weighted by Crippen LogP contribution is -2.20. The second-order valence-corrected chi connectivity index (χ2v) is 8.80. The zero-order valence-electron chi connectivity index (χ0n) is 18.1. The highest BCUT2D eigenvalue weighted by molar-refractivity contribution is 6.33. The highest BCUT2D eigenvalue weighted by Crippen LogP contribution is 2.30. The molecule has 4 heterocycles. The van der Waals surface area contributed by atoms with Gasteiger partial charge in [0.2, 0.25) is 0 Å². The predicted molar refractivity (Wildman–Crippen MR) is 133 cm³/mol. The molecule has 10 heteroatoms. The van der Waals surface area contributed by atoms with Gasteiger partial charge in [-0.15, -0.1) is 0 Å². The van der Waals surface area contributed by atoms with Gasteiger partial charge in [0.05, 0.1) is 11.4 Å². The summed E-state index contributed by atoms with van der Waals surface area (Å²) < 4.78 is 1.75. The fourth-order valence-corrected chi connectivity index (χ4v) is 4.17. The molecule has 0 bridgehead atoms. The van der Waals surface area contributed by atoms with E-state index in [4.69, 9.17) is 33.2 Å². The van der Waals surface area contributed by atoms with Gasteiger partial charge in [-0.1, -0.05) is 29.3 Å². The molecule has 0 amide bonds. The number of pyridine rings is 2. The van der Waals surface area contributed by atoms with Crippen molar-refractivity contribution in [2.45, 2.75) is 20.0 Å². The van der Waals surface area contributed by atoms with Crippen molar-refractivity contribution in [3.63, 3.8) is 0 Å². The van der Waals surface area contributed by atoms with Crippen molar-refractivity contribution >= 4 is 36.8 Å².